The number of anilines is 1. The number of carbonyl (C=O) groups excluding carboxylic acids is 1. The quantitative estimate of drug-likeness (QED) is 0.909. The Bertz CT molecular complexity index is 451. The molecular formula is C13H17ClN2O2. The molecule has 1 aliphatic rings. The van der Waals surface area contributed by atoms with Crippen molar-refractivity contribution in [2.75, 3.05) is 25.1 Å². The first-order chi connectivity index (χ1) is 8.65. The first kappa shape index (κ1) is 13.2. The summed E-state index contributed by atoms with van der Waals surface area (Å²) in [5.74, 6) is 0.748. The van der Waals surface area contributed by atoms with Gasteiger partial charge in [0.1, 0.15) is 5.75 Å². The standard InChI is InChI=1S/C13H17ClN2O2/c1-3-15-9-6-13(17)16(8-9)10-4-5-12(18-2)11(14)7-10/h4-5,7,9,15H,3,6,8H2,1-2H3. The lowest BCUT2D eigenvalue weighted by Crippen LogP contribution is -2.32. The number of likely N-dealkylation sites (N-methyl/N-ethyl adjacent to an activating group) is 1. The highest BCUT2D eigenvalue weighted by molar-refractivity contribution is 6.32. The van der Waals surface area contributed by atoms with Crippen LogP contribution in [-0.2, 0) is 4.79 Å². The second-order valence-electron chi connectivity index (χ2n) is 4.28. The van der Waals surface area contributed by atoms with Gasteiger partial charge in [-0.3, -0.25) is 4.79 Å². The van der Waals surface area contributed by atoms with E-state index in [0.717, 1.165) is 12.2 Å². The Labute approximate surface area is 112 Å². The van der Waals surface area contributed by atoms with Gasteiger partial charge in [-0.2, -0.15) is 0 Å². The van der Waals surface area contributed by atoms with Gasteiger partial charge in [0.25, 0.3) is 0 Å². The van der Waals surface area contributed by atoms with Gasteiger partial charge in [-0.05, 0) is 24.7 Å². The van der Waals surface area contributed by atoms with Crippen LogP contribution >= 0.6 is 11.6 Å². The predicted molar refractivity (Wildman–Crippen MR) is 72.4 cm³/mol. The van der Waals surface area contributed by atoms with Crippen molar-refractivity contribution in [2.24, 2.45) is 0 Å². The van der Waals surface area contributed by atoms with Crippen molar-refractivity contribution in [1.29, 1.82) is 0 Å². The van der Waals surface area contributed by atoms with Crippen molar-refractivity contribution < 1.29 is 9.53 Å². The van der Waals surface area contributed by atoms with E-state index in [0.29, 0.717) is 23.7 Å². The van der Waals surface area contributed by atoms with Gasteiger partial charge in [-0.25, -0.2) is 0 Å². The monoisotopic (exact) mass is 268 g/mol. The van der Waals surface area contributed by atoms with Crippen molar-refractivity contribution >= 4 is 23.2 Å². The average molecular weight is 269 g/mol. The number of amides is 1. The van der Waals surface area contributed by atoms with Crippen LogP contribution in [0.5, 0.6) is 5.75 Å². The number of benzene rings is 1. The minimum atomic E-state index is 0.127. The fourth-order valence-corrected chi connectivity index (χ4v) is 2.46. The summed E-state index contributed by atoms with van der Waals surface area (Å²) >= 11 is 6.07. The first-order valence-electron chi connectivity index (χ1n) is 6.03. The van der Waals surface area contributed by atoms with Crippen LogP contribution in [0.3, 0.4) is 0 Å². The van der Waals surface area contributed by atoms with Gasteiger partial charge in [-0.1, -0.05) is 18.5 Å². The predicted octanol–water partition coefficient (Wildman–Crippen LogP) is 2.06. The molecule has 0 spiro atoms. The summed E-state index contributed by atoms with van der Waals surface area (Å²) in [6, 6.07) is 5.64. The normalized spacial score (nSPS) is 19.4. The Morgan fingerprint density at radius 3 is 2.94 bits per heavy atom. The van der Waals surface area contributed by atoms with Crippen molar-refractivity contribution in [2.45, 2.75) is 19.4 Å². The van der Waals surface area contributed by atoms with Crippen LogP contribution in [0.2, 0.25) is 5.02 Å². The van der Waals surface area contributed by atoms with E-state index < -0.39 is 0 Å². The van der Waals surface area contributed by atoms with Crippen LogP contribution in [0.4, 0.5) is 5.69 Å². The highest BCUT2D eigenvalue weighted by atomic mass is 35.5. The lowest BCUT2D eigenvalue weighted by Gasteiger charge is -2.18. The highest BCUT2D eigenvalue weighted by Crippen LogP contribution is 2.31. The summed E-state index contributed by atoms with van der Waals surface area (Å²) in [6.07, 6.45) is 0.539. The van der Waals surface area contributed by atoms with Crippen LogP contribution < -0.4 is 15.0 Å². The highest BCUT2D eigenvalue weighted by Gasteiger charge is 2.30. The number of ether oxygens (including phenoxy) is 1. The second kappa shape index (κ2) is 5.59. The van der Waals surface area contributed by atoms with Gasteiger partial charge in [-0.15, -0.1) is 0 Å². The van der Waals surface area contributed by atoms with Gasteiger partial charge >= 0.3 is 0 Å². The zero-order chi connectivity index (χ0) is 13.1. The summed E-state index contributed by atoms with van der Waals surface area (Å²) < 4.78 is 5.10. The average Bonchev–Trinajstić information content (AvgIpc) is 2.71. The summed E-state index contributed by atoms with van der Waals surface area (Å²) in [7, 11) is 1.57. The summed E-state index contributed by atoms with van der Waals surface area (Å²) in [6.45, 7) is 3.60. The molecule has 0 aliphatic carbocycles. The number of nitrogens with zero attached hydrogens (tertiary/aromatic N) is 1. The molecule has 0 saturated carbocycles. The molecule has 1 amide bonds. The summed E-state index contributed by atoms with van der Waals surface area (Å²) in [4.78, 5) is 13.7. The Morgan fingerprint density at radius 2 is 2.33 bits per heavy atom. The largest absolute Gasteiger partial charge is 0.495 e. The van der Waals surface area contributed by atoms with E-state index in [1.165, 1.54) is 0 Å². The molecule has 1 heterocycles. The molecule has 4 nitrogen and oxygen atoms in total. The van der Waals surface area contributed by atoms with Gasteiger partial charge in [0.2, 0.25) is 5.91 Å². The molecule has 1 atom stereocenters. The number of halogens is 1. The lowest BCUT2D eigenvalue weighted by atomic mass is 10.2. The van der Waals surface area contributed by atoms with Crippen LogP contribution in [0, 0.1) is 0 Å². The molecular weight excluding hydrogens is 252 g/mol. The molecule has 1 aliphatic heterocycles. The number of nitrogens with one attached hydrogen (secondary N) is 1. The molecule has 18 heavy (non-hydrogen) atoms. The zero-order valence-electron chi connectivity index (χ0n) is 10.6. The van der Waals surface area contributed by atoms with Crippen molar-refractivity contribution in [1.82, 2.24) is 5.32 Å². The minimum Gasteiger partial charge on any atom is -0.495 e. The molecule has 0 radical (unpaired) electrons. The Morgan fingerprint density at radius 1 is 1.56 bits per heavy atom. The van der Waals surface area contributed by atoms with E-state index in [4.69, 9.17) is 16.3 Å². The van der Waals surface area contributed by atoms with E-state index >= 15 is 0 Å². The fraction of sp³-hybridized carbons (Fsp3) is 0.462. The molecule has 5 heteroatoms. The fourth-order valence-electron chi connectivity index (χ4n) is 2.21. The van der Waals surface area contributed by atoms with E-state index in [-0.39, 0.29) is 11.9 Å². The third kappa shape index (κ3) is 2.60. The molecule has 1 aromatic carbocycles. The molecule has 98 valence electrons. The van der Waals surface area contributed by atoms with Crippen LogP contribution in [-0.4, -0.2) is 32.1 Å². The van der Waals surface area contributed by atoms with Crippen molar-refractivity contribution in [3.63, 3.8) is 0 Å². The molecule has 2 rings (SSSR count). The number of hydrogen-bond acceptors (Lipinski definition) is 3. The van der Waals surface area contributed by atoms with Gasteiger partial charge < -0.3 is 15.0 Å². The lowest BCUT2D eigenvalue weighted by molar-refractivity contribution is -0.117. The maximum absolute atomic E-state index is 11.9. The topological polar surface area (TPSA) is 41.6 Å². The van der Waals surface area contributed by atoms with E-state index in [1.807, 2.05) is 13.0 Å². The SMILES string of the molecule is CCNC1CC(=O)N(c2ccc(OC)c(Cl)c2)C1. The van der Waals surface area contributed by atoms with Gasteiger partial charge in [0.15, 0.2) is 0 Å². The molecule has 0 bridgehead atoms. The molecule has 0 aromatic heterocycles. The molecule has 1 fully saturated rings. The minimum absolute atomic E-state index is 0.127. The number of rotatable bonds is 4. The molecule has 1 unspecified atom stereocenters. The van der Waals surface area contributed by atoms with E-state index in [2.05, 4.69) is 5.32 Å². The zero-order valence-corrected chi connectivity index (χ0v) is 11.3. The van der Waals surface area contributed by atoms with Crippen LogP contribution in [0.1, 0.15) is 13.3 Å². The smallest absolute Gasteiger partial charge is 0.228 e. The Balaban J connectivity index is 2.17. The Hall–Kier alpha value is -1.26. The Kier molecular flexibility index (Phi) is 4.09. The van der Waals surface area contributed by atoms with Gasteiger partial charge in [0, 0.05) is 24.7 Å². The maximum atomic E-state index is 11.9. The van der Waals surface area contributed by atoms with Crippen LogP contribution in [0.25, 0.3) is 0 Å². The number of hydrogen-bond donors (Lipinski definition) is 1. The molecule has 1 aromatic rings. The number of methoxy groups -OCH3 is 1. The van der Waals surface area contributed by atoms with E-state index in [9.17, 15) is 4.79 Å². The first-order valence-corrected chi connectivity index (χ1v) is 6.40. The third-order valence-corrected chi connectivity index (χ3v) is 3.36. The molecule has 1 saturated heterocycles. The summed E-state index contributed by atoms with van der Waals surface area (Å²) in [5.41, 5.74) is 0.825. The van der Waals surface area contributed by atoms with E-state index in [1.54, 1.807) is 24.1 Å². The van der Waals surface area contributed by atoms with Crippen molar-refractivity contribution in [3.05, 3.63) is 23.2 Å². The van der Waals surface area contributed by atoms with Crippen molar-refractivity contribution in [3.8, 4) is 5.75 Å². The van der Waals surface area contributed by atoms with Gasteiger partial charge in [0.05, 0.1) is 12.1 Å². The summed E-state index contributed by atoms with van der Waals surface area (Å²) in [5, 5.41) is 3.81. The van der Waals surface area contributed by atoms with Crippen LogP contribution in [0.15, 0.2) is 18.2 Å². The molecule has 1 N–H and O–H groups in total. The maximum Gasteiger partial charge on any atom is 0.228 e. The third-order valence-electron chi connectivity index (χ3n) is 3.06. The number of carbonyl (C=O) groups is 1. The second-order valence-corrected chi connectivity index (χ2v) is 4.69.